The molecule has 0 bridgehead atoms. The van der Waals surface area contributed by atoms with Crippen molar-refractivity contribution in [2.45, 2.75) is 13.0 Å². The SMILES string of the molecule is CC(C(=O)c1ccc(F)cc1)N1CCN(CCO)CC1. The van der Waals surface area contributed by atoms with Crippen molar-refractivity contribution in [2.75, 3.05) is 39.3 Å². The molecule has 1 aliphatic rings. The highest BCUT2D eigenvalue weighted by Crippen LogP contribution is 2.12. The van der Waals surface area contributed by atoms with Gasteiger partial charge in [-0.05, 0) is 31.2 Å². The number of aliphatic hydroxyl groups excluding tert-OH is 1. The van der Waals surface area contributed by atoms with Gasteiger partial charge in [-0.15, -0.1) is 0 Å². The van der Waals surface area contributed by atoms with Gasteiger partial charge >= 0.3 is 0 Å². The van der Waals surface area contributed by atoms with Gasteiger partial charge in [-0.2, -0.15) is 0 Å². The van der Waals surface area contributed by atoms with E-state index in [2.05, 4.69) is 9.80 Å². The fraction of sp³-hybridized carbons (Fsp3) is 0.533. The van der Waals surface area contributed by atoms with Crippen LogP contribution in [0.25, 0.3) is 0 Å². The Morgan fingerprint density at radius 2 is 1.85 bits per heavy atom. The van der Waals surface area contributed by atoms with Crippen LogP contribution in [0, 0.1) is 5.82 Å². The number of halogens is 1. The third-order valence-corrected chi connectivity index (χ3v) is 3.88. The molecule has 0 saturated carbocycles. The van der Waals surface area contributed by atoms with Gasteiger partial charge in [0.25, 0.3) is 0 Å². The first-order valence-corrected chi connectivity index (χ1v) is 6.99. The highest BCUT2D eigenvalue weighted by atomic mass is 19.1. The molecule has 4 nitrogen and oxygen atoms in total. The smallest absolute Gasteiger partial charge is 0.179 e. The van der Waals surface area contributed by atoms with Crippen LogP contribution in [0.1, 0.15) is 17.3 Å². The summed E-state index contributed by atoms with van der Waals surface area (Å²) < 4.78 is 12.9. The Labute approximate surface area is 118 Å². The molecular weight excluding hydrogens is 259 g/mol. The summed E-state index contributed by atoms with van der Waals surface area (Å²) in [5.74, 6) is -0.299. The number of aliphatic hydroxyl groups is 1. The summed E-state index contributed by atoms with van der Waals surface area (Å²) in [6.07, 6.45) is 0. The first-order chi connectivity index (χ1) is 9.61. The zero-order valence-electron chi connectivity index (χ0n) is 11.8. The summed E-state index contributed by atoms with van der Waals surface area (Å²) in [5, 5.41) is 8.91. The summed E-state index contributed by atoms with van der Waals surface area (Å²) in [6, 6.07) is 5.52. The number of benzene rings is 1. The van der Waals surface area contributed by atoms with Crippen molar-refractivity contribution in [3.05, 3.63) is 35.6 Å². The molecule has 1 saturated heterocycles. The Kier molecular flexibility index (Phi) is 5.23. The predicted octanol–water partition coefficient (Wildman–Crippen LogP) is 1.01. The van der Waals surface area contributed by atoms with Crippen molar-refractivity contribution in [3.8, 4) is 0 Å². The lowest BCUT2D eigenvalue weighted by molar-refractivity contribution is 0.0663. The molecule has 1 aromatic rings. The Bertz CT molecular complexity index is 442. The minimum Gasteiger partial charge on any atom is -0.395 e. The Hall–Kier alpha value is -1.30. The van der Waals surface area contributed by atoms with E-state index in [1.165, 1.54) is 24.3 Å². The van der Waals surface area contributed by atoms with Gasteiger partial charge in [0, 0.05) is 38.3 Å². The van der Waals surface area contributed by atoms with E-state index in [0.717, 1.165) is 26.2 Å². The molecule has 0 amide bonds. The molecule has 1 unspecified atom stereocenters. The molecular formula is C15H21FN2O2. The van der Waals surface area contributed by atoms with Gasteiger partial charge in [-0.25, -0.2) is 4.39 Å². The lowest BCUT2D eigenvalue weighted by Gasteiger charge is -2.37. The van der Waals surface area contributed by atoms with Gasteiger partial charge in [0.05, 0.1) is 12.6 Å². The second-order valence-corrected chi connectivity index (χ2v) is 5.15. The van der Waals surface area contributed by atoms with Crippen LogP contribution in [-0.2, 0) is 0 Å². The number of hydrogen-bond donors (Lipinski definition) is 1. The minimum absolute atomic E-state index is 0.0283. The fourth-order valence-electron chi connectivity index (χ4n) is 2.54. The fourth-order valence-corrected chi connectivity index (χ4v) is 2.54. The van der Waals surface area contributed by atoms with E-state index in [-0.39, 0.29) is 24.2 Å². The lowest BCUT2D eigenvalue weighted by Crippen LogP contribution is -2.52. The maximum Gasteiger partial charge on any atom is 0.179 e. The molecule has 1 aliphatic heterocycles. The third kappa shape index (κ3) is 3.62. The number of carbonyl (C=O) groups is 1. The second-order valence-electron chi connectivity index (χ2n) is 5.15. The summed E-state index contributed by atoms with van der Waals surface area (Å²) in [7, 11) is 0. The van der Waals surface area contributed by atoms with E-state index in [1.807, 2.05) is 6.92 Å². The molecule has 0 radical (unpaired) electrons. The van der Waals surface area contributed by atoms with Crippen LogP contribution in [0.15, 0.2) is 24.3 Å². The normalized spacial score (nSPS) is 18.9. The van der Waals surface area contributed by atoms with Crippen molar-refractivity contribution in [1.29, 1.82) is 0 Å². The number of ketones is 1. The van der Waals surface area contributed by atoms with Crippen molar-refractivity contribution >= 4 is 5.78 Å². The summed E-state index contributed by atoms with van der Waals surface area (Å²) in [6.45, 7) is 6.11. The van der Waals surface area contributed by atoms with Crippen molar-refractivity contribution < 1.29 is 14.3 Å². The summed E-state index contributed by atoms with van der Waals surface area (Å²) in [4.78, 5) is 16.7. The number of hydrogen-bond acceptors (Lipinski definition) is 4. The van der Waals surface area contributed by atoms with E-state index in [0.29, 0.717) is 12.1 Å². The lowest BCUT2D eigenvalue weighted by atomic mass is 10.0. The van der Waals surface area contributed by atoms with E-state index >= 15 is 0 Å². The van der Waals surface area contributed by atoms with Gasteiger partial charge in [0.2, 0.25) is 0 Å². The topological polar surface area (TPSA) is 43.8 Å². The monoisotopic (exact) mass is 280 g/mol. The van der Waals surface area contributed by atoms with Crippen LogP contribution in [0.5, 0.6) is 0 Å². The van der Waals surface area contributed by atoms with Crippen molar-refractivity contribution in [3.63, 3.8) is 0 Å². The van der Waals surface area contributed by atoms with E-state index in [4.69, 9.17) is 5.11 Å². The molecule has 1 N–H and O–H groups in total. The maximum absolute atomic E-state index is 12.9. The molecule has 0 spiro atoms. The van der Waals surface area contributed by atoms with Crippen molar-refractivity contribution in [2.24, 2.45) is 0 Å². The van der Waals surface area contributed by atoms with Crippen molar-refractivity contribution in [1.82, 2.24) is 9.80 Å². The number of rotatable bonds is 5. The second kappa shape index (κ2) is 6.92. The number of piperazine rings is 1. The maximum atomic E-state index is 12.9. The number of carbonyl (C=O) groups excluding carboxylic acids is 1. The zero-order chi connectivity index (χ0) is 14.5. The highest BCUT2D eigenvalue weighted by Gasteiger charge is 2.25. The van der Waals surface area contributed by atoms with Crippen LogP contribution < -0.4 is 0 Å². The molecule has 110 valence electrons. The molecule has 1 fully saturated rings. The standard InChI is InChI=1S/C15H21FN2O2/c1-12(15(20)13-2-4-14(16)5-3-13)18-8-6-17(7-9-18)10-11-19/h2-5,12,19H,6-11H2,1H3. The van der Waals surface area contributed by atoms with E-state index in [9.17, 15) is 9.18 Å². The van der Waals surface area contributed by atoms with Crippen LogP contribution in [0.4, 0.5) is 4.39 Å². The van der Waals surface area contributed by atoms with Crippen LogP contribution in [0.2, 0.25) is 0 Å². The van der Waals surface area contributed by atoms with Gasteiger partial charge < -0.3 is 5.11 Å². The largest absolute Gasteiger partial charge is 0.395 e. The molecule has 5 heteroatoms. The van der Waals surface area contributed by atoms with E-state index in [1.54, 1.807) is 0 Å². The number of nitrogens with zero attached hydrogens (tertiary/aromatic N) is 2. The molecule has 2 rings (SSSR count). The zero-order valence-corrected chi connectivity index (χ0v) is 11.8. The van der Waals surface area contributed by atoms with E-state index < -0.39 is 0 Å². The molecule has 1 aromatic carbocycles. The molecule has 1 atom stereocenters. The minimum atomic E-state index is -0.327. The first kappa shape index (κ1) is 15.1. The van der Waals surface area contributed by atoms with Gasteiger partial charge in [-0.1, -0.05) is 0 Å². The quantitative estimate of drug-likeness (QED) is 0.818. The van der Waals surface area contributed by atoms with Crippen LogP contribution >= 0.6 is 0 Å². The molecule has 0 aliphatic carbocycles. The van der Waals surface area contributed by atoms with Gasteiger partial charge in [-0.3, -0.25) is 14.6 Å². The Morgan fingerprint density at radius 3 is 2.40 bits per heavy atom. The number of β-amino-alcohol motifs (C(OH)–C–C–N with tert-alkyl or cyclic N) is 1. The Morgan fingerprint density at radius 1 is 1.25 bits per heavy atom. The molecule has 0 aromatic heterocycles. The third-order valence-electron chi connectivity index (χ3n) is 3.88. The average molecular weight is 280 g/mol. The van der Waals surface area contributed by atoms with Crippen LogP contribution in [-0.4, -0.2) is 66.1 Å². The van der Waals surface area contributed by atoms with Gasteiger partial charge in [0.15, 0.2) is 5.78 Å². The summed E-state index contributed by atoms with van der Waals surface area (Å²) in [5.41, 5.74) is 0.552. The predicted molar refractivity (Wildman–Crippen MR) is 75.3 cm³/mol. The number of Topliss-reactive ketones (excluding diaryl/α,β-unsaturated/α-hetero) is 1. The first-order valence-electron chi connectivity index (χ1n) is 6.99. The highest BCUT2D eigenvalue weighted by molar-refractivity contribution is 5.99. The van der Waals surface area contributed by atoms with Crippen LogP contribution in [0.3, 0.4) is 0 Å². The molecule has 20 heavy (non-hydrogen) atoms. The summed E-state index contributed by atoms with van der Waals surface area (Å²) >= 11 is 0. The molecule has 1 heterocycles. The van der Waals surface area contributed by atoms with Gasteiger partial charge in [0.1, 0.15) is 5.82 Å². The average Bonchev–Trinajstić information content (AvgIpc) is 2.48. The Balaban J connectivity index is 1.93.